The molecule has 2 amide bonds. The normalized spacial score (nSPS) is 17.6. The van der Waals surface area contributed by atoms with Crippen molar-refractivity contribution >= 4 is 40.1 Å². The van der Waals surface area contributed by atoms with Gasteiger partial charge in [-0.15, -0.1) is 0 Å². The van der Waals surface area contributed by atoms with E-state index in [2.05, 4.69) is 20.9 Å². The largest absolute Gasteiger partial charge is 0.362 e. The average molecular weight is 478 g/mol. The van der Waals surface area contributed by atoms with Gasteiger partial charge < -0.3 is 20.9 Å². The Morgan fingerprint density at radius 1 is 1.03 bits per heavy atom. The van der Waals surface area contributed by atoms with Crippen LogP contribution in [0.3, 0.4) is 0 Å². The van der Waals surface area contributed by atoms with Crippen molar-refractivity contribution in [1.82, 2.24) is 15.3 Å². The monoisotopic (exact) mass is 477 g/mol. The Morgan fingerprint density at radius 3 is 2.40 bits per heavy atom. The molecule has 0 radical (unpaired) electrons. The Kier molecular flexibility index (Phi) is 6.99. The van der Waals surface area contributed by atoms with Crippen molar-refractivity contribution in [3.8, 4) is 0 Å². The van der Waals surface area contributed by atoms with Crippen molar-refractivity contribution in [1.29, 1.82) is 0 Å². The second-order valence-corrected chi connectivity index (χ2v) is 9.23. The molecule has 2 aromatic carbocycles. The molecule has 1 aromatic heterocycles. The lowest BCUT2D eigenvalue weighted by atomic mass is 9.91. The van der Waals surface area contributed by atoms with E-state index in [1.807, 2.05) is 50.2 Å². The SMILES string of the molecule is Cc1ccc([N+](=O)[O-])c(NC(=O)NC2CCC(Nc3nc(N(C)C)c4ccccc4n3)CC2)c1C. The highest BCUT2D eigenvalue weighted by molar-refractivity contribution is 5.93. The first-order chi connectivity index (χ1) is 16.7. The molecule has 3 N–H and O–H groups in total. The molecule has 1 aliphatic carbocycles. The van der Waals surface area contributed by atoms with Crippen LogP contribution in [0.15, 0.2) is 36.4 Å². The first kappa shape index (κ1) is 24.2. The van der Waals surface area contributed by atoms with Crippen molar-refractivity contribution in [3.05, 3.63) is 57.6 Å². The number of amides is 2. The van der Waals surface area contributed by atoms with Gasteiger partial charge in [-0.3, -0.25) is 10.1 Å². The molecule has 1 fully saturated rings. The van der Waals surface area contributed by atoms with Crippen LogP contribution in [0, 0.1) is 24.0 Å². The number of rotatable bonds is 6. The zero-order valence-electron chi connectivity index (χ0n) is 20.5. The molecule has 184 valence electrons. The number of nitrogens with one attached hydrogen (secondary N) is 3. The highest BCUT2D eigenvalue weighted by Gasteiger charge is 2.25. The lowest BCUT2D eigenvalue weighted by molar-refractivity contribution is -0.384. The standard InChI is InChI=1S/C25H31N7O3/c1-15-9-14-21(32(34)35)22(16(15)2)29-25(33)27-18-12-10-17(11-13-18)26-24-28-20-8-6-5-7-19(20)23(30-24)31(3)4/h5-9,14,17-18H,10-13H2,1-4H3,(H,26,28,30)(H2,27,29,33). The molecule has 1 heterocycles. The van der Waals surface area contributed by atoms with Crippen molar-refractivity contribution < 1.29 is 9.72 Å². The number of para-hydroxylation sites is 1. The molecule has 10 heteroatoms. The minimum Gasteiger partial charge on any atom is -0.362 e. The molecule has 10 nitrogen and oxygen atoms in total. The van der Waals surface area contributed by atoms with Crippen LogP contribution in [-0.4, -0.2) is 47.1 Å². The summed E-state index contributed by atoms with van der Waals surface area (Å²) >= 11 is 0. The summed E-state index contributed by atoms with van der Waals surface area (Å²) in [6.07, 6.45) is 3.27. The van der Waals surface area contributed by atoms with Gasteiger partial charge in [-0.1, -0.05) is 18.2 Å². The fraction of sp³-hybridized carbons (Fsp3) is 0.400. The molecule has 0 unspecified atom stereocenters. The van der Waals surface area contributed by atoms with Crippen molar-refractivity contribution in [2.24, 2.45) is 0 Å². The third-order valence-electron chi connectivity index (χ3n) is 6.55. The third kappa shape index (κ3) is 5.42. The average Bonchev–Trinajstić information content (AvgIpc) is 2.82. The maximum atomic E-state index is 12.6. The van der Waals surface area contributed by atoms with Crippen LogP contribution >= 0.6 is 0 Å². The summed E-state index contributed by atoms with van der Waals surface area (Å²) in [6.45, 7) is 3.63. The predicted molar refractivity (Wildman–Crippen MR) is 138 cm³/mol. The van der Waals surface area contributed by atoms with E-state index >= 15 is 0 Å². The number of hydrogen-bond acceptors (Lipinski definition) is 7. The van der Waals surface area contributed by atoms with Gasteiger partial charge in [-0.05, 0) is 62.8 Å². The van der Waals surface area contributed by atoms with E-state index in [1.54, 1.807) is 13.0 Å². The number of hydrogen-bond donors (Lipinski definition) is 3. The summed E-state index contributed by atoms with van der Waals surface area (Å²) in [5, 5.41) is 21.5. The Morgan fingerprint density at radius 2 is 1.71 bits per heavy atom. The Balaban J connectivity index is 1.36. The van der Waals surface area contributed by atoms with Crippen LogP contribution in [0.2, 0.25) is 0 Å². The van der Waals surface area contributed by atoms with Crippen LogP contribution < -0.4 is 20.9 Å². The van der Waals surface area contributed by atoms with E-state index in [4.69, 9.17) is 4.98 Å². The van der Waals surface area contributed by atoms with E-state index in [-0.39, 0.29) is 23.5 Å². The van der Waals surface area contributed by atoms with Crippen LogP contribution in [0.25, 0.3) is 10.9 Å². The molecular formula is C25H31N7O3. The fourth-order valence-electron chi connectivity index (χ4n) is 4.48. The van der Waals surface area contributed by atoms with Gasteiger partial charge in [0.05, 0.1) is 10.4 Å². The Labute approximate surface area is 204 Å². The fourth-order valence-corrected chi connectivity index (χ4v) is 4.48. The van der Waals surface area contributed by atoms with Crippen molar-refractivity contribution in [2.75, 3.05) is 29.6 Å². The Bertz CT molecular complexity index is 1250. The van der Waals surface area contributed by atoms with Crippen LogP contribution in [-0.2, 0) is 0 Å². The third-order valence-corrected chi connectivity index (χ3v) is 6.55. The summed E-state index contributed by atoms with van der Waals surface area (Å²) in [5.41, 5.74) is 2.60. The minimum absolute atomic E-state index is 0.00733. The lowest BCUT2D eigenvalue weighted by Crippen LogP contribution is -2.42. The molecule has 1 aliphatic rings. The van der Waals surface area contributed by atoms with E-state index in [9.17, 15) is 14.9 Å². The minimum atomic E-state index is -0.477. The maximum absolute atomic E-state index is 12.6. The van der Waals surface area contributed by atoms with E-state index < -0.39 is 11.0 Å². The van der Waals surface area contributed by atoms with Crippen LogP contribution in [0.4, 0.5) is 27.9 Å². The van der Waals surface area contributed by atoms with Gasteiger partial charge >= 0.3 is 6.03 Å². The van der Waals surface area contributed by atoms with Gasteiger partial charge in [0.2, 0.25) is 5.95 Å². The van der Waals surface area contributed by atoms with E-state index in [0.717, 1.165) is 48.0 Å². The molecule has 3 aromatic rings. The topological polar surface area (TPSA) is 125 Å². The maximum Gasteiger partial charge on any atom is 0.319 e. The molecule has 0 bridgehead atoms. The zero-order chi connectivity index (χ0) is 25.1. The smallest absolute Gasteiger partial charge is 0.319 e. The predicted octanol–water partition coefficient (Wildman–Crippen LogP) is 4.77. The van der Waals surface area contributed by atoms with Gasteiger partial charge in [0.25, 0.3) is 5.69 Å². The van der Waals surface area contributed by atoms with Crippen LogP contribution in [0.1, 0.15) is 36.8 Å². The highest BCUT2D eigenvalue weighted by atomic mass is 16.6. The number of carbonyl (C=O) groups excluding carboxylic acids is 1. The molecule has 0 aliphatic heterocycles. The van der Waals surface area contributed by atoms with Crippen molar-refractivity contribution in [3.63, 3.8) is 0 Å². The first-order valence-corrected chi connectivity index (χ1v) is 11.8. The zero-order valence-corrected chi connectivity index (χ0v) is 20.5. The molecule has 35 heavy (non-hydrogen) atoms. The second-order valence-electron chi connectivity index (χ2n) is 9.23. The van der Waals surface area contributed by atoms with Crippen molar-refractivity contribution in [2.45, 2.75) is 51.6 Å². The summed E-state index contributed by atoms with van der Waals surface area (Å²) in [7, 11) is 3.93. The number of fused-ring (bicyclic) bond motifs is 1. The number of aryl methyl sites for hydroxylation is 1. The molecule has 0 atom stereocenters. The molecule has 4 rings (SSSR count). The first-order valence-electron chi connectivity index (χ1n) is 11.8. The van der Waals surface area contributed by atoms with Crippen LogP contribution in [0.5, 0.6) is 0 Å². The number of carbonyl (C=O) groups is 1. The lowest BCUT2D eigenvalue weighted by Gasteiger charge is -2.30. The van der Waals surface area contributed by atoms with Gasteiger partial charge in [0, 0.05) is 37.6 Å². The second kappa shape index (κ2) is 10.1. The number of urea groups is 1. The van der Waals surface area contributed by atoms with Gasteiger partial charge in [-0.25, -0.2) is 9.78 Å². The quantitative estimate of drug-likeness (QED) is 0.345. The molecular weight excluding hydrogens is 446 g/mol. The van der Waals surface area contributed by atoms with Gasteiger partial charge in [0.1, 0.15) is 11.5 Å². The highest BCUT2D eigenvalue weighted by Crippen LogP contribution is 2.30. The number of nitro groups is 1. The summed E-state index contributed by atoms with van der Waals surface area (Å²) < 4.78 is 0. The molecule has 0 spiro atoms. The van der Waals surface area contributed by atoms with E-state index in [0.29, 0.717) is 11.5 Å². The summed E-state index contributed by atoms with van der Waals surface area (Å²) in [4.78, 5) is 34.9. The number of nitrogens with zero attached hydrogens (tertiary/aromatic N) is 4. The number of benzene rings is 2. The number of nitro benzene ring substituents is 1. The van der Waals surface area contributed by atoms with Gasteiger partial charge in [0.15, 0.2) is 0 Å². The summed E-state index contributed by atoms with van der Waals surface area (Å²) in [5.74, 6) is 1.47. The van der Waals surface area contributed by atoms with Gasteiger partial charge in [-0.2, -0.15) is 4.98 Å². The number of anilines is 3. The van der Waals surface area contributed by atoms with E-state index in [1.165, 1.54) is 6.07 Å². The number of aromatic nitrogens is 2. The molecule has 0 saturated heterocycles. The Hall–Kier alpha value is -3.95. The molecule has 1 saturated carbocycles. The summed E-state index contributed by atoms with van der Waals surface area (Å²) in [6, 6.07) is 10.8.